The fourth-order valence-corrected chi connectivity index (χ4v) is 2.15. The van der Waals surface area contributed by atoms with Gasteiger partial charge in [-0.25, -0.2) is 0 Å². The van der Waals surface area contributed by atoms with E-state index in [0.29, 0.717) is 19.6 Å². The Kier molecular flexibility index (Phi) is 6.66. The molecule has 0 atom stereocenters. The molecular formula is C17H25N3O. The van der Waals surface area contributed by atoms with Crippen molar-refractivity contribution in [1.29, 1.82) is 0 Å². The summed E-state index contributed by atoms with van der Waals surface area (Å²) in [5.41, 5.74) is 2.62. The van der Waals surface area contributed by atoms with Crippen molar-refractivity contribution >= 4 is 12.2 Å². The minimum Gasteiger partial charge on any atom is -0.339 e. The third-order valence-corrected chi connectivity index (χ3v) is 3.38. The minimum absolute atomic E-state index is 0.0747. The van der Waals surface area contributed by atoms with Gasteiger partial charge in [-0.15, -0.1) is 0 Å². The monoisotopic (exact) mass is 287 g/mol. The highest BCUT2D eigenvalue weighted by Gasteiger charge is 2.17. The quantitative estimate of drug-likeness (QED) is 0.570. The molecule has 0 unspecified atom stereocenters. The van der Waals surface area contributed by atoms with Crippen molar-refractivity contribution in [2.45, 2.75) is 27.3 Å². The number of carbonyl (C=O) groups is 1. The molecule has 0 bridgehead atoms. The topological polar surface area (TPSA) is 35.9 Å². The summed E-state index contributed by atoms with van der Waals surface area (Å²) < 4.78 is 0. The lowest BCUT2D eigenvalue weighted by atomic mass is 10.1. The first-order chi connectivity index (χ1) is 10.0. The number of allylic oxidation sites excluding steroid dienone is 1. The molecule has 0 saturated heterocycles. The molecule has 4 heteroatoms. The Labute approximate surface area is 127 Å². The minimum atomic E-state index is 0.0747. The van der Waals surface area contributed by atoms with E-state index >= 15 is 0 Å². The lowest BCUT2D eigenvalue weighted by molar-refractivity contribution is 0.0771. The van der Waals surface area contributed by atoms with E-state index in [9.17, 15) is 4.79 Å². The van der Waals surface area contributed by atoms with Crippen molar-refractivity contribution in [2.24, 2.45) is 4.99 Å². The molecule has 1 aromatic carbocycles. The fraction of sp³-hybridized carbons (Fsp3) is 0.412. The Morgan fingerprint density at radius 3 is 2.43 bits per heavy atom. The highest BCUT2D eigenvalue weighted by atomic mass is 16.2. The molecule has 1 aromatic rings. The highest BCUT2D eigenvalue weighted by Crippen LogP contribution is 2.15. The summed E-state index contributed by atoms with van der Waals surface area (Å²) in [7, 11) is 1.73. The van der Waals surface area contributed by atoms with Crippen LogP contribution >= 0.6 is 0 Å². The van der Waals surface area contributed by atoms with Gasteiger partial charge in [-0.3, -0.25) is 9.79 Å². The lowest BCUT2D eigenvalue weighted by Crippen LogP contribution is -2.32. The molecule has 0 N–H and O–H groups in total. The summed E-state index contributed by atoms with van der Waals surface area (Å²) in [6.45, 7) is 11.9. The van der Waals surface area contributed by atoms with Gasteiger partial charge in [0.2, 0.25) is 0 Å². The maximum Gasteiger partial charge on any atom is 0.254 e. The molecule has 0 aliphatic carbocycles. The Hall–Kier alpha value is -2.10. The summed E-state index contributed by atoms with van der Waals surface area (Å²) in [5.74, 6) is 0.0747. The van der Waals surface area contributed by atoms with E-state index < -0.39 is 0 Å². The Morgan fingerprint density at radius 2 is 1.90 bits per heavy atom. The molecule has 0 radical (unpaired) electrons. The molecular weight excluding hydrogens is 262 g/mol. The van der Waals surface area contributed by atoms with E-state index in [1.54, 1.807) is 13.4 Å². The van der Waals surface area contributed by atoms with E-state index in [0.717, 1.165) is 16.8 Å². The second-order valence-corrected chi connectivity index (χ2v) is 4.87. The molecule has 0 saturated carbocycles. The van der Waals surface area contributed by atoms with Gasteiger partial charge in [0.15, 0.2) is 0 Å². The average molecular weight is 287 g/mol. The van der Waals surface area contributed by atoms with E-state index in [4.69, 9.17) is 0 Å². The van der Waals surface area contributed by atoms with Crippen LogP contribution in [0.25, 0.3) is 0 Å². The Bertz CT molecular complexity index is 519. The van der Waals surface area contributed by atoms with Crippen LogP contribution in [0.15, 0.2) is 41.5 Å². The van der Waals surface area contributed by atoms with E-state index in [1.165, 1.54) is 0 Å². The maximum absolute atomic E-state index is 12.6. The Balaban J connectivity index is 3.09. The second kappa shape index (κ2) is 8.25. The van der Waals surface area contributed by atoms with Crippen LogP contribution < -0.4 is 0 Å². The predicted octanol–water partition coefficient (Wildman–Crippen LogP) is 3.16. The molecule has 0 aliphatic rings. The highest BCUT2D eigenvalue weighted by molar-refractivity contribution is 5.95. The maximum atomic E-state index is 12.6. The standard InChI is InChI=1S/C17H25N3O/c1-6-19(7-2)17(21)16-11-9-8-10-15(16)12-20(13-18-5)14(3)4/h8-11,13H,3,6-7,12H2,1-2,4-5H3. The molecule has 0 aliphatic heterocycles. The van der Waals surface area contributed by atoms with Gasteiger partial charge < -0.3 is 9.80 Å². The van der Waals surface area contributed by atoms with Crippen molar-refractivity contribution in [2.75, 3.05) is 20.1 Å². The van der Waals surface area contributed by atoms with Gasteiger partial charge in [-0.05, 0) is 32.4 Å². The Morgan fingerprint density at radius 1 is 1.29 bits per heavy atom. The number of rotatable bonds is 7. The predicted molar refractivity (Wildman–Crippen MR) is 88.5 cm³/mol. The smallest absolute Gasteiger partial charge is 0.254 e. The SMILES string of the molecule is C=C(C)N(C=NC)Cc1ccccc1C(=O)N(CC)CC. The van der Waals surface area contributed by atoms with Crippen LogP contribution in [-0.4, -0.2) is 42.2 Å². The summed E-state index contributed by atoms with van der Waals surface area (Å²) in [6, 6.07) is 7.72. The van der Waals surface area contributed by atoms with E-state index in [1.807, 2.05) is 54.8 Å². The van der Waals surface area contributed by atoms with Gasteiger partial charge in [0.05, 0.1) is 6.34 Å². The molecule has 114 valence electrons. The number of aliphatic imine (C=N–C) groups is 1. The second-order valence-electron chi connectivity index (χ2n) is 4.87. The van der Waals surface area contributed by atoms with Crippen molar-refractivity contribution in [1.82, 2.24) is 9.80 Å². The molecule has 0 fully saturated rings. The van der Waals surface area contributed by atoms with Crippen LogP contribution in [0.3, 0.4) is 0 Å². The van der Waals surface area contributed by atoms with E-state index in [-0.39, 0.29) is 5.91 Å². The number of amides is 1. The first kappa shape index (κ1) is 17.0. The van der Waals surface area contributed by atoms with Crippen LogP contribution in [0.5, 0.6) is 0 Å². The van der Waals surface area contributed by atoms with E-state index in [2.05, 4.69) is 11.6 Å². The zero-order chi connectivity index (χ0) is 15.8. The molecule has 4 nitrogen and oxygen atoms in total. The summed E-state index contributed by atoms with van der Waals surface area (Å²) in [6.07, 6.45) is 1.74. The number of hydrogen-bond donors (Lipinski definition) is 0. The van der Waals surface area contributed by atoms with Crippen LogP contribution in [0.1, 0.15) is 36.7 Å². The number of hydrogen-bond acceptors (Lipinski definition) is 2. The van der Waals surface area contributed by atoms with Crippen molar-refractivity contribution in [3.05, 3.63) is 47.7 Å². The van der Waals surface area contributed by atoms with Crippen LogP contribution in [0, 0.1) is 0 Å². The molecule has 0 aromatic heterocycles. The number of nitrogens with zero attached hydrogens (tertiary/aromatic N) is 3. The third kappa shape index (κ3) is 4.45. The molecule has 1 rings (SSSR count). The van der Waals surface area contributed by atoms with Crippen LogP contribution in [0.2, 0.25) is 0 Å². The zero-order valence-corrected chi connectivity index (χ0v) is 13.5. The first-order valence-electron chi connectivity index (χ1n) is 7.26. The largest absolute Gasteiger partial charge is 0.339 e. The lowest BCUT2D eigenvalue weighted by Gasteiger charge is -2.23. The molecule has 0 spiro atoms. The number of carbonyl (C=O) groups excluding carboxylic acids is 1. The van der Waals surface area contributed by atoms with Gasteiger partial charge in [0.1, 0.15) is 0 Å². The summed E-state index contributed by atoms with van der Waals surface area (Å²) in [5, 5.41) is 0. The van der Waals surface area contributed by atoms with Crippen molar-refractivity contribution in [3.8, 4) is 0 Å². The average Bonchev–Trinajstić information content (AvgIpc) is 2.48. The van der Waals surface area contributed by atoms with Crippen molar-refractivity contribution < 1.29 is 4.79 Å². The van der Waals surface area contributed by atoms with Gasteiger partial charge in [0, 0.05) is 37.9 Å². The zero-order valence-electron chi connectivity index (χ0n) is 13.5. The normalized spacial score (nSPS) is 10.7. The van der Waals surface area contributed by atoms with Gasteiger partial charge in [-0.2, -0.15) is 0 Å². The summed E-state index contributed by atoms with van der Waals surface area (Å²) >= 11 is 0. The third-order valence-electron chi connectivity index (χ3n) is 3.38. The molecule has 0 heterocycles. The molecule has 21 heavy (non-hydrogen) atoms. The van der Waals surface area contributed by atoms with Crippen molar-refractivity contribution in [3.63, 3.8) is 0 Å². The van der Waals surface area contributed by atoms with Crippen LogP contribution in [0.4, 0.5) is 0 Å². The van der Waals surface area contributed by atoms with Crippen LogP contribution in [-0.2, 0) is 6.54 Å². The van der Waals surface area contributed by atoms with Gasteiger partial charge in [-0.1, -0.05) is 24.8 Å². The summed E-state index contributed by atoms with van der Waals surface area (Å²) in [4.78, 5) is 20.4. The number of benzene rings is 1. The van der Waals surface area contributed by atoms with Gasteiger partial charge in [0.25, 0.3) is 5.91 Å². The van der Waals surface area contributed by atoms with Gasteiger partial charge >= 0.3 is 0 Å². The first-order valence-corrected chi connectivity index (χ1v) is 7.26. The fourth-order valence-electron chi connectivity index (χ4n) is 2.15. The molecule has 1 amide bonds.